The molecule has 0 bridgehead atoms. The van der Waals surface area contributed by atoms with E-state index >= 15 is 0 Å². The Balaban J connectivity index is 1.58. The lowest BCUT2D eigenvalue weighted by molar-refractivity contribution is -0.117. The minimum absolute atomic E-state index is 0.0839. The van der Waals surface area contributed by atoms with Gasteiger partial charge in [-0.1, -0.05) is 18.3 Å². The Labute approximate surface area is 172 Å². The molecule has 1 aromatic heterocycles. The maximum absolute atomic E-state index is 12.8. The molecular weight excluding hydrogens is 410 g/mol. The summed E-state index contributed by atoms with van der Waals surface area (Å²) in [6, 6.07) is 11.5. The van der Waals surface area contributed by atoms with Crippen LogP contribution >= 0.6 is 11.3 Å². The number of hydrogen-bond donors (Lipinski definition) is 1. The number of aryl methyl sites for hydroxylation is 1. The fourth-order valence-corrected chi connectivity index (χ4v) is 5.61. The topological polar surface area (TPSA) is 88.5 Å². The van der Waals surface area contributed by atoms with Gasteiger partial charge in [0.1, 0.15) is 0 Å². The molecule has 0 saturated carbocycles. The molecule has 1 fully saturated rings. The third-order valence-electron chi connectivity index (χ3n) is 4.90. The van der Waals surface area contributed by atoms with Crippen molar-refractivity contribution in [2.24, 2.45) is 0 Å². The number of hydrogen-bond acceptors (Lipinski definition) is 5. The zero-order valence-corrected chi connectivity index (χ0v) is 17.6. The maximum atomic E-state index is 12.8. The average molecular weight is 432 g/mol. The number of benzene rings is 2. The number of carbonyl (C=O) groups is 1. The molecule has 0 spiro atoms. The molecule has 1 saturated heterocycles. The highest BCUT2D eigenvalue weighted by molar-refractivity contribution is 7.92. The molecule has 1 aliphatic heterocycles. The molecule has 9 heteroatoms. The molecule has 7 nitrogen and oxygen atoms in total. The summed E-state index contributed by atoms with van der Waals surface area (Å²) < 4.78 is 30.5. The van der Waals surface area contributed by atoms with Crippen molar-refractivity contribution < 1.29 is 13.2 Å². The van der Waals surface area contributed by atoms with Gasteiger partial charge in [-0.25, -0.2) is 8.42 Å². The van der Waals surface area contributed by atoms with Crippen LogP contribution in [0.25, 0.3) is 10.2 Å². The van der Waals surface area contributed by atoms with Crippen LogP contribution in [-0.2, 0) is 21.4 Å². The summed E-state index contributed by atoms with van der Waals surface area (Å²) in [5.74, 6) is 0.0839. The van der Waals surface area contributed by atoms with Gasteiger partial charge in [0, 0.05) is 30.9 Å². The first-order valence-corrected chi connectivity index (χ1v) is 11.8. The number of nitrogens with one attached hydrogen (secondary N) is 1. The van der Waals surface area contributed by atoms with E-state index in [1.54, 1.807) is 39.8 Å². The second-order valence-electron chi connectivity index (χ2n) is 6.95. The molecular formula is C20H21N3O4S2. The van der Waals surface area contributed by atoms with E-state index in [-0.39, 0.29) is 15.7 Å². The van der Waals surface area contributed by atoms with Gasteiger partial charge in [0.2, 0.25) is 5.91 Å². The predicted molar refractivity (Wildman–Crippen MR) is 115 cm³/mol. The predicted octanol–water partition coefficient (Wildman–Crippen LogP) is 3.40. The van der Waals surface area contributed by atoms with Crippen LogP contribution in [0.5, 0.6) is 0 Å². The van der Waals surface area contributed by atoms with Crippen molar-refractivity contribution in [2.75, 3.05) is 16.2 Å². The van der Waals surface area contributed by atoms with Gasteiger partial charge >= 0.3 is 4.87 Å². The molecule has 1 aliphatic rings. The third-order valence-corrected chi connectivity index (χ3v) is 7.22. The molecule has 0 atom stereocenters. The first-order chi connectivity index (χ1) is 13.9. The Hall–Kier alpha value is -2.65. The monoisotopic (exact) mass is 431 g/mol. The number of anilines is 2. The molecule has 2 aromatic carbocycles. The SMILES string of the molecule is CCCn1c(=O)sc2cc(S(=O)(=O)Nc3ccc(N4CCCC4=O)cc3)ccc21. The van der Waals surface area contributed by atoms with E-state index in [0.29, 0.717) is 29.9 Å². The van der Waals surface area contributed by atoms with Crippen molar-refractivity contribution in [1.82, 2.24) is 4.57 Å². The number of nitrogens with zero attached hydrogens (tertiary/aromatic N) is 2. The Kier molecular flexibility index (Phi) is 5.18. The van der Waals surface area contributed by atoms with Gasteiger partial charge in [0.25, 0.3) is 10.0 Å². The number of thiazole rings is 1. The quantitative estimate of drug-likeness (QED) is 0.648. The van der Waals surface area contributed by atoms with Crippen LogP contribution in [0, 0.1) is 0 Å². The van der Waals surface area contributed by atoms with Gasteiger partial charge in [-0.3, -0.25) is 18.9 Å². The summed E-state index contributed by atoms with van der Waals surface area (Å²) in [6.45, 7) is 3.28. The summed E-state index contributed by atoms with van der Waals surface area (Å²) in [4.78, 5) is 25.7. The number of fused-ring (bicyclic) bond motifs is 1. The molecule has 1 amide bonds. The summed E-state index contributed by atoms with van der Waals surface area (Å²) >= 11 is 1.05. The Morgan fingerprint density at radius 2 is 1.86 bits per heavy atom. The zero-order valence-electron chi connectivity index (χ0n) is 15.9. The summed E-state index contributed by atoms with van der Waals surface area (Å²) in [6.07, 6.45) is 2.21. The van der Waals surface area contributed by atoms with Crippen molar-refractivity contribution in [3.8, 4) is 0 Å². The van der Waals surface area contributed by atoms with Crippen LogP contribution in [-0.4, -0.2) is 25.4 Å². The fraction of sp³-hybridized carbons (Fsp3) is 0.300. The fourth-order valence-electron chi connectivity index (χ4n) is 3.49. The van der Waals surface area contributed by atoms with Gasteiger partial charge in [-0.2, -0.15) is 0 Å². The van der Waals surface area contributed by atoms with Crippen molar-refractivity contribution in [2.45, 2.75) is 37.6 Å². The van der Waals surface area contributed by atoms with Crippen molar-refractivity contribution in [1.29, 1.82) is 0 Å². The van der Waals surface area contributed by atoms with Gasteiger partial charge in [-0.15, -0.1) is 0 Å². The van der Waals surface area contributed by atoms with E-state index in [1.165, 1.54) is 12.1 Å². The van der Waals surface area contributed by atoms with Gasteiger partial charge in [0.05, 0.1) is 15.1 Å². The Bertz CT molecular complexity index is 1230. The second kappa shape index (κ2) is 7.64. The van der Waals surface area contributed by atoms with Gasteiger partial charge < -0.3 is 4.90 Å². The first-order valence-electron chi connectivity index (χ1n) is 9.46. The molecule has 3 aromatic rings. The standard InChI is InChI=1S/C20H21N3O4S2/c1-2-11-23-17-10-9-16(13-18(17)28-20(23)25)29(26,27)21-14-5-7-15(8-6-14)22-12-3-4-19(22)24/h5-10,13,21H,2-4,11-12H2,1H3. The Morgan fingerprint density at radius 1 is 1.10 bits per heavy atom. The van der Waals surface area contributed by atoms with Crippen LogP contribution in [0.3, 0.4) is 0 Å². The zero-order chi connectivity index (χ0) is 20.6. The largest absolute Gasteiger partial charge is 0.312 e. The van der Waals surface area contributed by atoms with E-state index in [9.17, 15) is 18.0 Å². The minimum atomic E-state index is -3.80. The van der Waals surface area contributed by atoms with E-state index in [1.807, 2.05) is 6.92 Å². The number of amides is 1. The smallest absolute Gasteiger partial charge is 0.308 e. The van der Waals surface area contributed by atoms with Crippen LogP contribution in [0.4, 0.5) is 11.4 Å². The first kappa shape index (κ1) is 19.7. The summed E-state index contributed by atoms with van der Waals surface area (Å²) in [7, 11) is -3.80. The highest BCUT2D eigenvalue weighted by Gasteiger charge is 2.22. The van der Waals surface area contributed by atoms with E-state index in [0.717, 1.165) is 35.4 Å². The number of rotatable bonds is 6. The lowest BCUT2D eigenvalue weighted by atomic mass is 10.2. The van der Waals surface area contributed by atoms with Gasteiger partial charge in [-0.05, 0) is 55.3 Å². The van der Waals surface area contributed by atoms with Crippen LogP contribution in [0.1, 0.15) is 26.2 Å². The molecule has 0 aliphatic carbocycles. The highest BCUT2D eigenvalue weighted by Crippen LogP contribution is 2.26. The van der Waals surface area contributed by atoms with Crippen LogP contribution in [0.15, 0.2) is 52.2 Å². The van der Waals surface area contributed by atoms with E-state index in [2.05, 4.69) is 4.72 Å². The van der Waals surface area contributed by atoms with Crippen molar-refractivity contribution >= 4 is 48.9 Å². The number of aromatic nitrogens is 1. The minimum Gasteiger partial charge on any atom is -0.312 e. The number of sulfonamides is 1. The summed E-state index contributed by atoms with van der Waals surface area (Å²) in [5.41, 5.74) is 1.93. The lowest BCUT2D eigenvalue weighted by Gasteiger charge is -2.16. The highest BCUT2D eigenvalue weighted by atomic mass is 32.2. The molecule has 0 radical (unpaired) electrons. The molecule has 29 heavy (non-hydrogen) atoms. The molecule has 152 valence electrons. The van der Waals surface area contributed by atoms with E-state index in [4.69, 9.17) is 0 Å². The normalized spacial score (nSPS) is 14.7. The van der Waals surface area contributed by atoms with E-state index < -0.39 is 10.0 Å². The van der Waals surface area contributed by atoms with Crippen molar-refractivity contribution in [3.63, 3.8) is 0 Å². The molecule has 4 rings (SSSR count). The summed E-state index contributed by atoms with van der Waals surface area (Å²) in [5, 5.41) is 0. The number of carbonyl (C=O) groups excluding carboxylic acids is 1. The van der Waals surface area contributed by atoms with Crippen molar-refractivity contribution in [3.05, 3.63) is 52.1 Å². The average Bonchev–Trinajstić information content (AvgIpc) is 3.25. The molecule has 1 N–H and O–H groups in total. The lowest BCUT2D eigenvalue weighted by Crippen LogP contribution is -2.23. The van der Waals surface area contributed by atoms with Crippen LogP contribution < -0.4 is 14.5 Å². The molecule has 0 unspecified atom stereocenters. The van der Waals surface area contributed by atoms with Crippen LogP contribution in [0.2, 0.25) is 0 Å². The Morgan fingerprint density at radius 3 is 2.52 bits per heavy atom. The second-order valence-corrected chi connectivity index (χ2v) is 9.63. The molecule has 2 heterocycles. The maximum Gasteiger partial charge on any atom is 0.308 e. The third kappa shape index (κ3) is 3.79. The van der Waals surface area contributed by atoms with Gasteiger partial charge in [0.15, 0.2) is 0 Å².